The van der Waals surface area contributed by atoms with Crippen LogP contribution in [0.25, 0.3) is 0 Å². The van der Waals surface area contributed by atoms with Crippen molar-refractivity contribution in [2.45, 2.75) is 25.7 Å². The molecule has 0 amide bonds. The Morgan fingerprint density at radius 1 is 0.875 bits per heavy atom. The van der Waals surface area contributed by atoms with Crippen LogP contribution in [0, 0.1) is 0 Å². The fourth-order valence-electron chi connectivity index (χ4n) is 0.874. The Bertz CT molecular complexity index is 89.1. The molecular formula is C8H13+. The number of allylic oxidation sites excluding steroid dienone is 4. The zero-order chi connectivity index (χ0) is 5.66. The van der Waals surface area contributed by atoms with Gasteiger partial charge in [0.1, 0.15) is 0 Å². The average Bonchev–Trinajstić information content (AvgIpc) is 1.62. The highest BCUT2D eigenvalue weighted by Crippen LogP contribution is 2.04. The van der Waals surface area contributed by atoms with Gasteiger partial charge in [-0.3, -0.25) is 0 Å². The summed E-state index contributed by atoms with van der Waals surface area (Å²) >= 11 is 0. The summed E-state index contributed by atoms with van der Waals surface area (Å²) in [6.07, 6.45) is 14.0. The Labute approximate surface area is 52.4 Å². The highest BCUT2D eigenvalue weighted by molar-refractivity contribution is 5.03. The van der Waals surface area contributed by atoms with Gasteiger partial charge in [0.05, 0.1) is 0 Å². The van der Waals surface area contributed by atoms with Crippen LogP contribution < -0.4 is 0 Å². The summed E-state index contributed by atoms with van der Waals surface area (Å²) in [7, 11) is 0. The van der Waals surface area contributed by atoms with Gasteiger partial charge >= 0.3 is 1.43 Å². The molecule has 0 aromatic carbocycles. The Morgan fingerprint density at radius 3 is 1.88 bits per heavy atom. The van der Waals surface area contributed by atoms with E-state index in [1.54, 1.807) is 0 Å². The topological polar surface area (TPSA) is 0 Å². The summed E-state index contributed by atoms with van der Waals surface area (Å²) in [6, 6.07) is 0. The Morgan fingerprint density at radius 2 is 1.38 bits per heavy atom. The van der Waals surface area contributed by atoms with E-state index in [4.69, 9.17) is 0 Å². The lowest BCUT2D eigenvalue weighted by molar-refractivity contribution is 0.758. The van der Waals surface area contributed by atoms with Crippen molar-refractivity contribution >= 4 is 0 Å². The highest BCUT2D eigenvalue weighted by Gasteiger charge is 1.84. The van der Waals surface area contributed by atoms with Crippen LogP contribution in [0.3, 0.4) is 0 Å². The SMILES string of the molecule is C1=CCCCCC=C1.[H+]. The van der Waals surface area contributed by atoms with Crippen LogP contribution in [0.15, 0.2) is 24.3 Å². The molecule has 0 atom stereocenters. The zero-order valence-corrected chi connectivity index (χ0v) is 5.14. The smallest absolute Gasteiger partial charge is 0.0845 e. The van der Waals surface area contributed by atoms with Crippen molar-refractivity contribution in [1.82, 2.24) is 0 Å². The lowest BCUT2D eigenvalue weighted by atomic mass is 10.1. The van der Waals surface area contributed by atoms with Gasteiger partial charge in [0, 0.05) is 0 Å². The first-order chi connectivity index (χ1) is 4.00. The summed E-state index contributed by atoms with van der Waals surface area (Å²) in [5.74, 6) is 0. The summed E-state index contributed by atoms with van der Waals surface area (Å²) in [6.45, 7) is 0. The Balaban J connectivity index is 0.000000640. The molecule has 1 rings (SSSR count). The molecule has 44 valence electrons. The molecule has 1 aliphatic carbocycles. The molecule has 0 nitrogen and oxygen atoms in total. The molecule has 0 aromatic heterocycles. The second-order valence-corrected chi connectivity index (χ2v) is 2.14. The van der Waals surface area contributed by atoms with Gasteiger partial charge in [-0.25, -0.2) is 0 Å². The van der Waals surface area contributed by atoms with Crippen LogP contribution >= 0.6 is 0 Å². The quantitative estimate of drug-likeness (QED) is 0.448. The van der Waals surface area contributed by atoms with Crippen molar-refractivity contribution in [2.75, 3.05) is 0 Å². The number of rotatable bonds is 0. The molecule has 0 aromatic rings. The molecule has 0 saturated carbocycles. The molecule has 0 N–H and O–H groups in total. The Hall–Kier alpha value is -0.520. The minimum atomic E-state index is 0. The first kappa shape index (κ1) is 5.61. The molecule has 0 aliphatic heterocycles. The van der Waals surface area contributed by atoms with E-state index in [0.717, 1.165) is 0 Å². The summed E-state index contributed by atoms with van der Waals surface area (Å²) < 4.78 is 0. The lowest BCUT2D eigenvalue weighted by Crippen LogP contribution is -1.74. The third kappa shape index (κ3) is 1.97. The van der Waals surface area contributed by atoms with Gasteiger partial charge in [-0.15, -0.1) is 0 Å². The second kappa shape index (κ2) is 3.48. The highest BCUT2D eigenvalue weighted by atomic mass is 13.9. The van der Waals surface area contributed by atoms with Gasteiger partial charge in [0.15, 0.2) is 0 Å². The molecule has 0 heteroatoms. The maximum absolute atomic E-state index is 2.23. The first-order valence-electron chi connectivity index (χ1n) is 3.32. The lowest BCUT2D eigenvalue weighted by Gasteiger charge is -1.94. The standard InChI is InChI=1S/C8H12/c1-2-4-6-8-7-5-3-1/h1-4H,5-8H2/p+1. The third-order valence-corrected chi connectivity index (χ3v) is 1.37. The molecule has 1 aliphatic rings. The van der Waals surface area contributed by atoms with Crippen molar-refractivity contribution in [1.29, 1.82) is 0 Å². The van der Waals surface area contributed by atoms with E-state index in [-0.39, 0.29) is 1.43 Å². The molecular weight excluding hydrogens is 96.1 g/mol. The molecule has 0 fully saturated rings. The third-order valence-electron chi connectivity index (χ3n) is 1.37. The van der Waals surface area contributed by atoms with Gasteiger partial charge in [0.2, 0.25) is 0 Å². The number of hydrogen-bond acceptors (Lipinski definition) is 0. The maximum atomic E-state index is 2.23. The molecule has 0 bridgehead atoms. The minimum Gasteiger partial charge on any atom is -0.0845 e. The van der Waals surface area contributed by atoms with E-state index >= 15 is 0 Å². The van der Waals surface area contributed by atoms with Crippen LogP contribution in [-0.2, 0) is 0 Å². The van der Waals surface area contributed by atoms with E-state index < -0.39 is 0 Å². The van der Waals surface area contributed by atoms with E-state index in [1.807, 2.05) is 0 Å². The predicted octanol–water partition coefficient (Wildman–Crippen LogP) is 2.79. The fourth-order valence-corrected chi connectivity index (χ4v) is 0.874. The molecule has 0 radical (unpaired) electrons. The predicted molar refractivity (Wildman–Crippen MR) is 37.9 cm³/mol. The van der Waals surface area contributed by atoms with Crippen molar-refractivity contribution in [3.05, 3.63) is 24.3 Å². The molecule has 0 unspecified atom stereocenters. The van der Waals surface area contributed by atoms with Gasteiger partial charge < -0.3 is 0 Å². The fraction of sp³-hybridized carbons (Fsp3) is 0.500. The van der Waals surface area contributed by atoms with E-state index in [0.29, 0.717) is 0 Å². The molecule has 0 heterocycles. The van der Waals surface area contributed by atoms with Crippen molar-refractivity contribution < 1.29 is 1.43 Å². The van der Waals surface area contributed by atoms with E-state index in [9.17, 15) is 0 Å². The summed E-state index contributed by atoms with van der Waals surface area (Å²) in [5, 5.41) is 0. The molecule has 0 saturated heterocycles. The van der Waals surface area contributed by atoms with Crippen LogP contribution in [0.4, 0.5) is 0 Å². The monoisotopic (exact) mass is 109 g/mol. The Kier molecular flexibility index (Phi) is 2.44. The van der Waals surface area contributed by atoms with E-state index in [1.165, 1.54) is 25.7 Å². The van der Waals surface area contributed by atoms with Crippen LogP contribution in [0.2, 0.25) is 0 Å². The summed E-state index contributed by atoms with van der Waals surface area (Å²) in [5.41, 5.74) is 0. The number of hydrogen-bond donors (Lipinski definition) is 0. The maximum Gasteiger partial charge on any atom is 1.00 e. The van der Waals surface area contributed by atoms with Crippen LogP contribution in [-0.4, -0.2) is 0 Å². The van der Waals surface area contributed by atoms with Crippen LogP contribution in [0.1, 0.15) is 27.1 Å². The molecule has 8 heavy (non-hydrogen) atoms. The van der Waals surface area contributed by atoms with Gasteiger partial charge in [-0.1, -0.05) is 24.3 Å². The zero-order valence-electron chi connectivity index (χ0n) is 6.14. The largest absolute Gasteiger partial charge is 1.00 e. The van der Waals surface area contributed by atoms with Gasteiger partial charge in [-0.2, -0.15) is 0 Å². The van der Waals surface area contributed by atoms with Gasteiger partial charge in [0.25, 0.3) is 0 Å². The van der Waals surface area contributed by atoms with Crippen molar-refractivity contribution in [3.8, 4) is 0 Å². The van der Waals surface area contributed by atoms with Crippen molar-refractivity contribution in [2.24, 2.45) is 0 Å². The second-order valence-electron chi connectivity index (χ2n) is 2.14. The molecule has 0 spiro atoms. The first-order valence-corrected chi connectivity index (χ1v) is 3.32. The van der Waals surface area contributed by atoms with Crippen LogP contribution in [0.5, 0.6) is 0 Å². The van der Waals surface area contributed by atoms with Crippen molar-refractivity contribution in [3.63, 3.8) is 0 Å². The normalized spacial score (nSPS) is 20.0. The van der Waals surface area contributed by atoms with Gasteiger partial charge in [-0.05, 0) is 25.7 Å². The van der Waals surface area contributed by atoms with E-state index in [2.05, 4.69) is 24.3 Å². The average molecular weight is 109 g/mol. The minimum absolute atomic E-state index is 0. The summed E-state index contributed by atoms with van der Waals surface area (Å²) in [4.78, 5) is 0.